The van der Waals surface area contributed by atoms with E-state index in [2.05, 4.69) is 27.9 Å². The highest BCUT2D eigenvalue weighted by atomic mass is 32.1. The first-order valence-electron chi connectivity index (χ1n) is 5.49. The minimum absolute atomic E-state index is 0.190. The SMILES string of the molecule is Cc1cscc1C1Cc2[nH]nc(C(=O)O)c2C1. The zero-order valence-corrected chi connectivity index (χ0v) is 10.2. The third-order valence-corrected chi connectivity index (χ3v) is 4.27. The van der Waals surface area contributed by atoms with Crippen molar-refractivity contribution < 1.29 is 9.90 Å². The van der Waals surface area contributed by atoms with Crippen LogP contribution in [0.5, 0.6) is 0 Å². The Balaban J connectivity index is 1.93. The van der Waals surface area contributed by atoms with Crippen LogP contribution in [0, 0.1) is 6.92 Å². The van der Waals surface area contributed by atoms with Crippen LogP contribution in [0.4, 0.5) is 0 Å². The van der Waals surface area contributed by atoms with Crippen molar-refractivity contribution in [3.63, 3.8) is 0 Å². The Morgan fingerprint density at radius 3 is 3.00 bits per heavy atom. The molecule has 0 spiro atoms. The molecule has 88 valence electrons. The Bertz CT molecular complexity index is 585. The Kier molecular flexibility index (Phi) is 2.29. The van der Waals surface area contributed by atoms with Gasteiger partial charge in [-0.05, 0) is 47.6 Å². The molecule has 0 aromatic carbocycles. The Morgan fingerprint density at radius 2 is 2.35 bits per heavy atom. The summed E-state index contributed by atoms with van der Waals surface area (Å²) >= 11 is 1.70. The van der Waals surface area contributed by atoms with E-state index in [1.807, 2.05) is 0 Å². The summed E-state index contributed by atoms with van der Waals surface area (Å²) in [7, 11) is 0. The molecule has 2 N–H and O–H groups in total. The molecule has 1 unspecified atom stereocenters. The molecule has 1 aliphatic carbocycles. The van der Waals surface area contributed by atoms with Gasteiger partial charge in [0.05, 0.1) is 0 Å². The third kappa shape index (κ3) is 1.58. The summed E-state index contributed by atoms with van der Waals surface area (Å²) in [6.45, 7) is 2.11. The molecule has 0 aliphatic heterocycles. The van der Waals surface area contributed by atoms with Crippen molar-refractivity contribution in [2.75, 3.05) is 0 Å². The molecule has 0 radical (unpaired) electrons. The van der Waals surface area contributed by atoms with Crippen molar-refractivity contribution in [1.82, 2.24) is 10.2 Å². The van der Waals surface area contributed by atoms with Gasteiger partial charge in [-0.2, -0.15) is 16.4 Å². The fraction of sp³-hybridized carbons (Fsp3) is 0.333. The molecule has 2 aromatic rings. The van der Waals surface area contributed by atoms with Crippen LogP contribution >= 0.6 is 11.3 Å². The summed E-state index contributed by atoms with van der Waals surface area (Å²) in [6.07, 6.45) is 1.65. The van der Waals surface area contributed by atoms with Crippen molar-refractivity contribution in [2.45, 2.75) is 25.7 Å². The molecule has 2 heterocycles. The lowest BCUT2D eigenvalue weighted by Crippen LogP contribution is -2.04. The molecule has 17 heavy (non-hydrogen) atoms. The van der Waals surface area contributed by atoms with Crippen molar-refractivity contribution >= 4 is 17.3 Å². The maximum atomic E-state index is 11.0. The smallest absolute Gasteiger partial charge is 0.356 e. The molecule has 0 amide bonds. The standard InChI is InChI=1S/C12H12N2O2S/c1-6-4-17-5-9(6)7-2-8-10(3-7)13-14-11(8)12(15)16/h4-5,7H,2-3H2,1H3,(H,13,14)(H,15,16). The maximum Gasteiger partial charge on any atom is 0.356 e. The number of hydrogen-bond acceptors (Lipinski definition) is 3. The van der Waals surface area contributed by atoms with Gasteiger partial charge in [0.2, 0.25) is 0 Å². The Labute approximate surface area is 102 Å². The number of H-pyrrole nitrogens is 1. The molecule has 4 nitrogen and oxygen atoms in total. The number of hydrogen-bond donors (Lipinski definition) is 2. The first-order valence-corrected chi connectivity index (χ1v) is 6.43. The molecule has 0 saturated heterocycles. The number of aryl methyl sites for hydroxylation is 1. The minimum Gasteiger partial charge on any atom is -0.476 e. The fourth-order valence-electron chi connectivity index (χ4n) is 2.54. The molecule has 3 rings (SSSR count). The lowest BCUT2D eigenvalue weighted by molar-refractivity contribution is 0.0689. The summed E-state index contributed by atoms with van der Waals surface area (Å²) in [4.78, 5) is 11.0. The van der Waals surface area contributed by atoms with Crippen LogP contribution < -0.4 is 0 Å². The van der Waals surface area contributed by atoms with E-state index >= 15 is 0 Å². The van der Waals surface area contributed by atoms with Gasteiger partial charge in [-0.3, -0.25) is 5.10 Å². The zero-order chi connectivity index (χ0) is 12.0. The molecule has 1 aliphatic rings. The van der Waals surface area contributed by atoms with Crippen LogP contribution in [0.3, 0.4) is 0 Å². The Hall–Kier alpha value is -1.62. The van der Waals surface area contributed by atoms with Gasteiger partial charge in [-0.15, -0.1) is 0 Å². The predicted octanol–water partition coefficient (Wildman–Crippen LogP) is 2.36. The van der Waals surface area contributed by atoms with Crippen molar-refractivity contribution in [2.24, 2.45) is 0 Å². The van der Waals surface area contributed by atoms with E-state index < -0.39 is 5.97 Å². The van der Waals surface area contributed by atoms with Gasteiger partial charge >= 0.3 is 5.97 Å². The van der Waals surface area contributed by atoms with Crippen LogP contribution in [0.2, 0.25) is 0 Å². The fourth-order valence-corrected chi connectivity index (χ4v) is 3.47. The molecule has 2 aromatic heterocycles. The first kappa shape index (κ1) is 10.5. The summed E-state index contributed by atoms with van der Waals surface area (Å²) in [5, 5.41) is 20.0. The number of aromatic nitrogens is 2. The van der Waals surface area contributed by atoms with Gasteiger partial charge in [-0.1, -0.05) is 0 Å². The average Bonchev–Trinajstić information content (AvgIpc) is 2.89. The summed E-state index contributed by atoms with van der Waals surface area (Å²) in [5.41, 5.74) is 4.70. The monoisotopic (exact) mass is 248 g/mol. The molecular formula is C12H12N2O2S. The maximum absolute atomic E-state index is 11.0. The second-order valence-corrected chi connectivity index (χ2v) is 5.19. The van der Waals surface area contributed by atoms with Crippen molar-refractivity contribution in [1.29, 1.82) is 0 Å². The van der Waals surface area contributed by atoms with E-state index in [1.165, 1.54) is 11.1 Å². The van der Waals surface area contributed by atoms with Crippen molar-refractivity contribution in [3.05, 3.63) is 38.8 Å². The topological polar surface area (TPSA) is 66.0 Å². The third-order valence-electron chi connectivity index (χ3n) is 3.39. The Morgan fingerprint density at radius 1 is 1.53 bits per heavy atom. The quantitative estimate of drug-likeness (QED) is 0.857. The van der Waals surface area contributed by atoms with Crippen LogP contribution in [-0.2, 0) is 12.8 Å². The van der Waals surface area contributed by atoms with Gasteiger partial charge in [0, 0.05) is 11.3 Å². The summed E-state index contributed by atoms with van der Waals surface area (Å²) in [6, 6.07) is 0. The van der Waals surface area contributed by atoms with Gasteiger partial charge < -0.3 is 5.11 Å². The lowest BCUT2D eigenvalue weighted by Gasteiger charge is -2.08. The highest BCUT2D eigenvalue weighted by Crippen LogP contribution is 2.36. The second kappa shape index (κ2) is 3.70. The largest absolute Gasteiger partial charge is 0.476 e. The van der Waals surface area contributed by atoms with Crippen LogP contribution in [0.25, 0.3) is 0 Å². The van der Waals surface area contributed by atoms with Crippen LogP contribution in [0.15, 0.2) is 10.8 Å². The predicted molar refractivity (Wildman–Crippen MR) is 64.8 cm³/mol. The first-order chi connectivity index (χ1) is 8.16. The molecular weight excluding hydrogens is 236 g/mol. The highest BCUT2D eigenvalue weighted by Gasteiger charge is 2.30. The number of nitrogens with zero attached hydrogens (tertiary/aromatic N) is 1. The number of carbonyl (C=O) groups is 1. The lowest BCUT2D eigenvalue weighted by atomic mass is 9.96. The zero-order valence-electron chi connectivity index (χ0n) is 9.36. The minimum atomic E-state index is -0.940. The van der Waals surface area contributed by atoms with E-state index in [0.29, 0.717) is 5.92 Å². The number of rotatable bonds is 2. The van der Waals surface area contributed by atoms with E-state index in [9.17, 15) is 4.79 Å². The van der Waals surface area contributed by atoms with Crippen LogP contribution in [-0.4, -0.2) is 21.3 Å². The normalized spacial score (nSPS) is 18.3. The van der Waals surface area contributed by atoms with Gasteiger partial charge in [0.25, 0.3) is 0 Å². The summed E-state index contributed by atoms with van der Waals surface area (Å²) in [5.74, 6) is -0.534. The number of carboxylic acid groups (broad SMARTS) is 1. The van der Waals surface area contributed by atoms with Crippen molar-refractivity contribution in [3.8, 4) is 0 Å². The molecule has 5 heteroatoms. The van der Waals surface area contributed by atoms with Gasteiger partial charge in [-0.25, -0.2) is 4.79 Å². The molecule has 0 bridgehead atoms. The molecule has 1 atom stereocenters. The number of thiophene rings is 1. The van der Waals surface area contributed by atoms with E-state index in [-0.39, 0.29) is 5.69 Å². The van der Waals surface area contributed by atoms with E-state index in [1.54, 1.807) is 11.3 Å². The second-order valence-electron chi connectivity index (χ2n) is 4.45. The number of nitrogens with one attached hydrogen (secondary N) is 1. The number of aromatic carboxylic acids is 1. The average molecular weight is 248 g/mol. The van der Waals surface area contributed by atoms with E-state index in [0.717, 1.165) is 24.1 Å². The molecule has 0 fully saturated rings. The van der Waals surface area contributed by atoms with Gasteiger partial charge in [0.1, 0.15) is 0 Å². The number of fused-ring (bicyclic) bond motifs is 1. The number of carboxylic acids is 1. The van der Waals surface area contributed by atoms with Crippen LogP contribution in [0.1, 0.15) is 38.8 Å². The molecule has 0 saturated carbocycles. The van der Waals surface area contributed by atoms with E-state index in [4.69, 9.17) is 5.11 Å². The highest BCUT2D eigenvalue weighted by molar-refractivity contribution is 7.08. The summed E-state index contributed by atoms with van der Waals surface area (Å²) < 4.78 is 0. The van der Waals surface area contributed by atoms with Gasteiger partial charge in [0.15, 0.2) is 5.69 Å². The number of aromatic amines is 1.